The second-order valence-corrected chi connectivity index (χ2v) is 8.68. The molecule has 1 heterocycles. The van der Waals surface area contributed by atoms with Crippen molar-refractivity contribution in [2.75, 3.05) is 23.3 Å². The van der Waals surface area contributed by atoms with Gasteiger partial charge in [-0.25, -0.2) is 12.8 Å². The summed E-state index contributed by atoms with van der Waals surface area (Å²) >= 11 is 0. The van der Waals surface area contributed by atoms with Crippen molar-refractivity contribution in [2.24, 2.45) is 5.92 Å². The number of amides is 1. The molecule has 0 saturated heterocycles. The lowest BCUT2D eigenvalue weighted by Crippen LogP contribution is -2.38. The van der Waals surface area contributed by atoms with E-state index in [2.05, 4.69) is 4.72 Å². The Morgan fingerprint density at radius 2 is 1.96 bits per heavy atom. The van der Waals surface area contributed by atoms with Crippen LogP contribution < -0.4 is 14.4 Å². The first-order valence-corrected chi connectivity index (χ1v) is 10.5. The molecular formula is C20H23FN2O4S. The number of rotatable bonds is 5. The normalized spacial score (nSPS) is 14.0. The molecule has 2 aromatic carbocycles. The number of carbonyl (C=O) groups is 1. The molecule has 1 amide bonds. The van der Waals surface area contributed by atoms with Crippen molar-refractivity contribution in [1.82, 2.24) is 0 Å². The van der Waals surface area contributed by atoms with Crippen LogP contribution in [-0.2, 0) is 21.2 Å². The van der Waals surface area contributed by atoms with Crippen molar-refractivity contribution in [1.29, 1.82) is 0 Å². The van der Waals surface area contributed by atoms with Gasteiger partial charge in [0.2, 0.25) is 5.91 Å². The van der Waals surface area contributed by atoms with Crippen molar-refractivity contribution in [2.45, 2.75) is 31.6 Å². The van der Waals surface area contributed by atoms with Gasteiger partial charge in [0.05, 0.1) is 12.0 Å². The number of nitrogens with zero attached hydrogens (tertiary/aromatic N) is 1. The third-order valence-electron chi connectivity index (χ3n) is 4.64. The molecule has 0 spiro atoms. The lowest BCUT2D eigenvalue weighted by molar-refractivity contribution is -0.121. The molecule has 6 nitrogen and oxygen atoms in total. The van der Waals surface area contributed by atoms with Crippen LogP contribution in [0.25, 0.3) is 0 Å². The van der Waals surface area contributed by atoms with Gasteiger partial charge < -0.3 is 9.64 Å². The lowest BCUT2D eigenvalue weighted by atomic mass is 9.99. The van der Waals surface area contributed by atoms with Gasteiger partial charge in [-0.1, -0.05) is 13.8 Å². The first-order valence-electron chi connectivity index (χ1n) is 9.03. The number of hydrogen-bond donors (Lipinski definition) is 1. The zero-order chi connectivity index (χ0) is 20.5. The maximum Gasteiger partial charge on any atom is 0.262 e. The van der Waals surface area contributed by atoms with Gasteiger partial charge in [0.25, 0.3) is 10.0 Å². The molecule has 1 N–H and O–H groups in total. The fourth-order valence-electron chi connectivity index (χ4n) is 3.23. The fraction of sp³-hybridized carbons (Fsp3) is 0.350. The lowest BCUT2D eigenvalue weighted by Gasteiger charge is -2.31. The molecule has 150 valence electrons. The molecule has 0 unspecified atom stereocenters. The van der Waals surface area contributed by atoms with E-state index in [0.29, 0.717) is 12.2 Å². The minimum Gasteiger partial charge on any atom is -0.494 e. The van der Waals surface area contributed by atoms with Gasteiger partial charge in [-0.05, 0) is 54.8 Å². The number of ether oxygens (including phenoxy) is 1. The average molecular weight is 406 g/mol. The highest BCUT2D eigenvalue weighted by Crippen LogP contribution is 2.31. The maximum absolute atomic E-state index is 13.9. The Kier molecular flexibility index (Phi) is 5.60. The van der Waals surface area contributed by atoms with E-state index in [4.69, 9.17) is 4.74 Å². The van der Waals surface area contributed by atoms with Crippen molar-refractivity contribution in [3.63, 3.8) is 0 Å². The van der Waals surface area contributed by atoms with Crippen LogP contribution in [0, 0.1) is 11.7 Å². The number of nitrogens with one attached hydrogen (secondary N) is 1. The molecule has 0 fully saturated rings. The number of halogens is 1. The summed E-state index contributed by atoms with van der Waals surface area (Å²) in [7, 11) is -2.65. The van der Waals surface area contributed by atoms with Crippen LogP contribution in [0.1, 0.15) is 25.8 Å². The Labute approximate surface area is 164 Å². The number of hydrogen-bond acceptors (Lipinski definition) is 4. The molecule has 28 heavy (non-hydrogen) atoms. The Balaban J connectivity index is 1.87. The van der Waals surface area contributed by atoms with Crippen LogP contribution in [0.3, 0.4) is 0 Å². The van der Waals surface area contributed by atoms with E-state index in [-0.39, 0.29) is 22.5 Å². The van der Waals surface area contributed by atoms with E-state index in [9.17, 15) is 17.6 Å². The number of benzene rings is 2. The summed E-state index contributed by atoms with van der Waals surface area (Å²) in [4.78, 5) is 14.0. The SMILES string of the molecule is COc1ccc(S(=O)(=O)Nc2ccc3c(c2)CCCN3C(=O)C(C)C)cc1F. The van der Waals surface area contributed by atoms with Crippen LogP contribution in [0.5, 0.6) is 5.75 Å². The molecule has 0 aliphatic carbocycles. The minimum absolute atomic E-state index is 0.0253. The number of sulfonamides is 1. The minimum atomic E-state index is -3.96. The van der Waals surface area contributed by atoms with Gasteiger partial charge in [0, 0.05) is 23.8 Å². The summed E-state index contributed by atoms with van der Waals surface area (Å²) in [6, 6.07) is 8.57. The summed E-state index contributed by atoms with van der Waals surface area (Å²) in [6.45, 7) is 4.36. The van der Waals surface area contributed by atoms with E-state index < -0.39 is 15.8 Å². The van der Waals surface area contributed by atoms with Crippen LogP contribution in [0.4, 0.5) is 15.8 Å². The molecule has 0 aromatic heterocycles. The highest BCUT2D eigenvalue weighted by Gasteiger charge is 2.25. The Bertz CT molecular complexity index is 1010. The smallest absolute Gasteiger partial charge is 0.262 e. The second kappa shape index (κ2) is 7.79. The molecular weight excluding hydrogens is 383 g/mol. The average Bonchev–Trinajstić information content (AvgIpc) is 2.66. The summed E-state index contributed by atoms with van der Waals surface area (Å²) in [5, 5.41) is 0. The van der Waals surface area contributed by atoms with Crippen LogP contribution in [0.2, 0.25) is 0 Å². The van der Waals surface area contributed by atoms with Gasteiger partial charge in [-0.2, -0.15) is 0 Å². The van der Waals surface area contributed by atoms with Gasteiger partial charge in [0.1, 0.15) is 0 Å². The summed E-state index contributed by atoms with van der Waals surface area (Å²) in [6.07, 6.45) is 1.56. The highest BCUT2D eigenvalue weighted by molar-refractivity contribution is 7.92. The van der Waals surface area contributed by atoms with Crippen molar-refractivity contribution >= 4 is 27.3 Å². The number of aryl methyl sites for hydroxylation is 1. The number of carbonyl (C=O) groups excluding carboxylic acids is 1. The number of fused-ring (bicyclic) bond motifs is 1. The first-order chi connectivity index (χ1) is 13.2. The van der Waals surface area contributed by atoms with Gasteiger partial charge >= 0.3 is 0 Å². The third-order valence-corrected chi connectivity index (χ3v) is 6.02. The van der Waals surface area contributed by atoms with Crippen molar-refractivity contribution in [3.8, 4) is 5.75 Å². The fourth-order valence-corrected chi connectivity index (χ4v) is 4.29. The van der Waals surface area contributed by atoms with Crippen LogP contribution >= 0.6 is 0 Å². The first kappa shape index (κ1) is 20.1. The molecule has 0 saturated carbocycles. The Morgan fingerprint density at radius 1 is 1.21 bits per heavy atom. The zero-order valence-electron chi connectivity index (χ0n) is 16.0. The van der Waals surface area contributed by atoms with Crippen LogP contribution in [-0.4, -0.2) is 28.0 Å². The second-order valence-electron chi connectivity index (χ2n) is 6.99. The Hall–Kier alpha value is -2.61. The standard InChI is InChI=1S/C20H23FN2O4S/c1-13(2)20(24)23-10-4-5-14-11-15(6-8-18(14)23)22-28(25,26)16-7-9-19(27-3)17(21)12-16/h6-9,11-13,22H,4-5,10H2,1-3H3. The molecule has 0 atom stereocenters. The monoisotopic (exact) mass is 406 g/mol. The van der Waals surface area contributed by atoms with E-state index in [1.807, 2.05) is 13.8 Å². The van der Waals surface area contributed by atoms with Crippen molar-refractivity contribution in [3.05, 3.63) is 47.8 Å². The number of methoxy groups -OCH3 is 1. The largest absolute Gasteiger partial charge is 0.494 e. The van der Waals surface area contributed by atoms with Gasteiger partial charge in [0.15, 0.2) is 11.6 Å². The van der Waals surface area contributed by atoms with E-state index in [1.54, 1.807) is 23.1 Å². The van der Waals surface area contributed by atoms with Crippen molar-refractivity contribution < 1.29 is 22.3 Å². The van der Waals surface area contributed by atoms with Crippen LogP contribution in [0.15, 0.2) is 41.3 Å². The predicted molar refractivity (Wildman–Crippen MR) is 106 cm³/mol. The molecule has 3 rings (SSSR count). The van der Waals surface area contributed by atoms with Gasteiger partial charge in [-0.15, -0.1) is 0 Å². The maximum atomic E-state index is 13.9. The molecule has 0 bridgehead atoms. The molecule has 0 radical (unpaired) electrons. The summed E-state index contributed by atoms with van der Waals surface area (Å²) in [5.74, 6) is -0.849. The number of anilines is 2. The molecule has 1 aliphatic rings. The predicted octanol–water partition coefficient (Wildman–Crippen LogP) is 3.57. The molecule has 8 heteroatoms. The zero-order valence-corrected chi connectivity index (χ0v) is 16.8. The topological polar surface area (TPSA) is 75.7 Å². The highest BCUT2D eigenvalue weighted by atomic mass is 32.2. The van der Waals surface area contributed by atoms with E-state index >= 15 is 0 Å². The Morgan fingerprint density at radius 3 is 2.61 bits per heavy atom. The van der Waals surface area contributed by atoms with E-state index in [0.717, 1.165) is 30.2 Å². The van der Waals surface area contributed by atoms with Gasteiger partial charge in [-0.3, -0.25) is 9.52 Å². The summed E-state index contributed by atoms with van der Waals surface area (Å²) in [5.41, 5.74) is 2.08. The third kappa shape index (κ3) is 3.96. The molecule has 2 aromatic rings. The van der Waals surface area contributed by atoms with E-state index in [1.165, 1.54) is 19.2 Å². The summed E-state index contributed by atoms with van der Waals surface area (Å²) < 4.78 is 46.4. The quantitative estimate of drug-likeness (QED) is 0.824. The molecule has 1 aliphatic heterocycles.